The lowest BCUT2D eigenvalue weighted by molar-refractivity contribution is 0.424. The molecule has 2 rings (SSSR count). The maximum absolute atomic E-state index is 13.8. The molecule has 0 aliphatic heterocycles. The molecule has 20 heavy (non-hydrogen) atoms. The molecule has 5 heteroatoms. The molecule has 0 saturated carbocycles. The van der Waals surface area contributed by atoms with E-state index in [4.69, 9.17) is 0 Å². The van der Waals surface area contributed by atoms with Crippen LogP contribution in [0.1, 0.15) is 31.9 Å². The highest BCUT2D eigenvalue weighted by molar-refractivity contribution is 9.10. The molecule has 108 valence electrons. The van der Waals surface area contributed by atoms with Crippen LogP contribution in [0.25, 0.3) is 0 Å². The Morgan fingerprint density at radius 2 is 2.10 bits per heavy atom. The first-order valence-corrected chi connectivity index (χ1v) is 7.33. The number of aromatic nitrogens is 2. The molecule has 1 N–H and O–H groups in total. The molecule has 3 nitrogen and oxygen atoms in total. The molecule has 0 bridgehead atoms. The number of nitrogens with zero attached hydrogens (tertiary/aromatic N) is 2. The van der Waals surface area contributed by atoms with E-state index >= 15 is 0 Å². The molecule has 1 heterocycles. The molecule has 0 atom stereocenters. The van der Waals surface area contributed by atoms with Crippen LogP contribution in [-0.4, -0.2) is 15.3 Å². The Morgan fingerprint density at radius 3 is 2.75 bits per heavy atom. The van der Waals surface area contributed by atoms with Crippen LogP contribution < -0.4 is 5.32 Å². The van der Waals surface area contributed by atoms with Crippen LogP contribution in [0, 0.1) is 5.82 Å². The summed E-state index contributed by atoms with van der Waals surface area (Å²) in [6.45, 7) is 7.55. The van der Waals surface area contributed by atoms with E-state index in [0.717, 1.165) is 16.6 Å². The first kappa shape index (κ1) is 15.2. The van der Waals surface area contributed by atoms with E-state index < -0.39 is 0 Å². The molecule has 0 amide bonds. The van der Waals surface area contributed by atoms with Gasteiger partial charge in [-0.25, -0.2) is 4.39 Å². The summed E-state index contributed by atoms with van der Waals surface area (Å²) in [5, 5.41) is 7.67. The zero-order valence-corrected chi connectivity index (χ0v) is 13.5. The van der Waals surface area contributed by atoms with E-state index in [-0.39, 0.29) is 11.4 Å². The van der Waals surface area contributed by atoms with Crippen molar-refractivity contribution in [3.05, 3.63) is 52.0 Å². The van der Waals surface area contributed by atoms with Crippen LogP contribution in [0.2, 0.25) is 0 Å². The molecular formula is C15H19BrFN3. The molecular weight excluding hydrogens is 321 g/mol. The minimum absolute atomic E-state index is 0.0694. The molecule has 0 aliphatic rings. The summed E-state index contributed by atoms with van der Waals surface area (Å²) in [4.78, 5) is 0. The van der Waals surface area contributed by atoms with Gasteiger partial charge in [-0.3, -0.25) is 4.68 Å². The zero-order chi connectivity index (χ0) is 14.8. The Balaban J connectivity index is 2.02. The van der Waals surface area contributed by atoms with Crippen molar-refractivity contribution in [2.75, 3.05) is 0 Å². The standard InChI is InChI=1S/C15H19BrFN3/c1-15(2,3)18-7-11-8-19-20(9-11)10-12-4-5-13(16)6-14(12)17/h4-6,8-9,18H,7,10H2,1-3H3. The third kappa shape index (κ3) is 4.42. The van der Waals surface area contributed by atoms with Crippen LogP contribution >= 0.6 is 15.9 Å². The fourth-order valence-electron chi connectivity index (χ4n) is 1.78. The number of hydrogen-bond donors (Lipinski definition) is 1. The van der Waals surface area contributed by atoms with Crippen molar-refractivity contribution in [3.63, 3.8) is 0 Å². The molecule has 0 radical (unpaired) electrons. The minimum atomic E-state index is -0.218. The largest absolute Gasteiger partial charge is 0.308 e. The highest BCUT2D eigenvalue weighted by Gasteiger charge is 2.10. The van der Waals surface area contributed by atoms with Gasteiger partial charge in [0.05, 0.1) is 12.7 Å². The first-order chi connectivity index (χ1) is 9.33. The predicted octanol–water partition coefficient (Wildman–Crippen LogP) is 3.72. The zero-order valence-electron chi connectivity index (χ0n) is 12.0. The minimum Gasteiger partial charge on any atom is -0.308 e. The Bertz CT molecular complexity index is 587. The number of halogens is 2. The summed E-state index contributed by atoms with van der Waals surface area (Å²) >= 11 is 3.25. The van der Waals surface area contributed by atoms with Crippen molar-refractivity contribution in [2.45, 2.75) is 39.4 Å². The maximum atomic E-state index is 13.8. The van der Waals surface area contributed by atoms with Crippen molar-refractivity contribution in [1.82, 2.24) is 15.1 Å². The van der Waals surface area contributed by atoms with Crippen molar-refractivity contribution in [3.8, 4) is 0 Å². The van der Waals surface area contributed by atoms with Crippen molar-refractivity contribution in [1.29, 1.82) is 0 Å². The normalized spacial score (nSPS) is 11.8. The number of benzene rings is 1. The average molecular weight is 340 g/mol. The van der Waals surface area contributed by atoms with Gasteiger partial charge < -0.3 is 5.32 Å². The molecule has 1 aromatic heterocycles. The van der Waals surface area contributed by atoms with Crippen LogP contribution in [0.4, 0.5) is 4.39 Å². The number of nitrogens with one attached hydrogen (secondary N) is 1. The van der Waals surface area contributed by atoms with E-state index in [2.05, 4.69) is 47.1 Å². The summed E-state index contributed by atoms with van der Waals surface area (Å²) in [6.07, 6.45) is 3.76. The molecule has 2 aromatic rings. The molecule has 1 aromatic carbocycles. The third-order valence-electron chi connectivity index (χ3n) is 2.86. The van der Waals surface area contributed by atoms with Gasteiger partial charge in [-0.15, -0.1) is 0 Å². The second-order valence-corrected chi connectivity index (χ2v) is 6.80. The number of rotatable bonds is 4. The Hall–Kier alpha value is -1.20. The van der Waals surface area contributed by atoms with Crippen molar-refractivity contribution in [2.24, 2.45) is 0 Å². The van der Waals surface area contributed by atoms with Gasteiger partial charge in [-0.05, 0) is 32.9 Å². The number of hydrogen-bond acceptors (Lipinski definition) is 2. The van der Waals surface area contributed by atoms with Gasteiger partial charge in [0.15, 0.2) is 0 Å². The smallest absolute Gasteiger partial charge is 0.129 e. The highest BCUT2D eigenvalue weighted by Crippen LogP contribution is 2.16. The summed E-state index contributed by atoms with van der Waals surface area (Å²) in [6, 6.07) is 5.08. The summed E-state index contributed by atoms with van der Waals surface area (Å²) < 4.78 is 16.3. The van der Waals surface area contributed by atoms with Crippen molar-refractivity contribution < 1.29 is 4.39 Å². The molecule has 0 fully saturated rings. The average Bonchev–Trinajstić information content (AvgIpc) is 2.77. The van der Waals surface area contributed by atoms with Gasteiger partial charge in [0, 0.05) is 33.9 Å². The van der Waals surface area contributed by atoms with Crippen molar-refractivity contribution >= 4 is 15.9 Å². The maximum Gasteiger partial charge on any atom is 0.129 e. The topological polar surface area (TPSA) is 29.9 Å². The molecule has 0 spiro atoms. The highest BCUT2D eigenvalue weighted by atomic mass is 79.9. The van der Waals surface area contributed by atoms with E-state index in [9.17, 15) is 4.39 Å². The van der Waals surface area contributed by atoms with E-state index in [1.54, 1.807) is 10.7 Å². The van der Waals surface area contributed by atoms with Crippen LogP contribution in [0.3, 0.4) is 0 Å². The van der Waals surface area contributed by atoms with Crippen LogP contribution in [0.5, 0.6) is 0 Å². The van der Waals surface area contributed by atoms with Gasteiger partial charge in [-0.1, -0.05) is 22.0 Å². The predicted molar refractivity (Wildman–Crippen MR) is 82.0 cm³/mol. The Labute approximate surface area is 127 Å². The summed E-state index contributed by atoms with van der Waals surface area (Å²) in [5.74, 6) is -0.218. The molecule has 0 aliphatic carbocycles. The van der Waals surface area contributed by atoms with Gasteiger partial charge >= 0.3 is 0 Å². The van der Waals surface area contributed by atoms with Crippen LogP contribution in [-0.2, 0) is 13.1 Å². The monoisotopic (exact) mass is 339 g/mol. The van der Waals surface area contributed by atoms with E-state index in [1.165, 1.54) is 6.07 Å². The third-order valence-corrected chi connectivity index (χ3v) is 3.35. The van der Waals surface area contributed by atoms with Gasteiger partial charge in [-0.2, -0.15) is 5.10 Å². The lowest BCUT2D eigenvalue weighted by atomic mass is 10.1. The quantitative estimate of drug-likeness (QED) is 0.919. The van der Waals surface area contributed by atoms with E-state index in [1.807, 2.05) is 18.5 Å². The summed E-state index contributed by atoms with van der Waals surface area (Å²) in [7, 11) is 0. The first-order valence-electron chi connectivity index (χ1n) is 6.54. The molecule has 0 saturated heterocycles. The fourth-order valence-corrected chi connectivity index (χ4v) is 2.11. The lowest BCUT2D eigenvalue weighted by Crippen LogP contribution is -2.34. The lowest BCUT2D eigenvalue weighted by Gasteiger charge is -2.19. The second kappa shape index (κ2) is 6.06. The Morgan fingerprint density at radius 1 is 1.35 bits per heavy atom. The second-order valence-electron chi connectivity index (χ2n) is 5.89. The van der Waals surface area contributed by atoms with Crippen LogP contribution in [0.15, 0.2) is 35.1 Å². The fraction of sp³-hybridized carbons (Fsp3) is 0.400. The summed E-state index contributed by atoms with van der Waals surface area (Å²) in [5.41, 5.74) is 1.80. The van der Waals surface area contributed by atoms with Gasteiger partial charge in [0.2, 0.25) is 0 Å². The van der Waals surface area contributed by atoms with E-state index in [0.29, 0.717) is 12.1 Å². The SMILES string of the molecule is CC(C)(C)NCc1cnn(Cc2ccc(Br)cc2F)c1. The Kier molecular flexibility index (Phi) is 4.60. The van der Waals surface area contributed by atoms with Gasteiger partial charge in [0.1, 0.15) is 5.82 Å². The van der Waals surface area contributed by atoms with Gasteiger partial charge in [0.25, 0.3) is 0 Å². The molecule has 0 unspecified atom stereocenters.